The van der Waals surface area contributed by atoms with Crippen LogP contribution in [0.5, 0.6) is 0 Å². The first-order valence-electron chi connectivity index (χ1n) is 6.67. The Hall–Kier alpha value is -1.76. The third-order valence-electron chi connectivity index (χ3n) is 2.85. The molecule has 0 atom stereocenters. The van der Waals surface area contributed by atoms with E-state index in [4.69, 9.17) is 16.3 Å². The highest BCUT2D eigenvalue weighted by Gasteiger charge is 2.34. The summed E-state index contributed by atoms with van der Waals surface area (Å²) in [5, 5.41) is -0.401. The number of carbonyl (C=O) groups excluding carboxylic acids is 1. The Morgan fingerprint density at radius 2 is 1.83 bits per heavy atom. The molecule has 0 aromatic heterocycles. The van der Waals surface area contributed by atoms with Crippen LogP contribution >= 0.6 is 11.6 Å². The molecule has 0 radical (unpaired) electrons. The second kappa shape index (κ2) is 6.78. The van der Waals surface area contributed by atoms with E-state index < -0.39 is 28.3 Å². The highest BCUT2D eigenvalue weighted by atomic mass is 35.5. The monoisotopic (exact) mass is 350 g/mol. The van der Waals surface area contributed by atoms with Gasteiger partial charge in [-0.2, -0.15) is 13.2 Å². The van der Waals surface area contributed by atoms with E-state index in [9.17, 15) is 18.0 Å². The second-order valence-electron chi connectivity index (χ2n) is 5.60. The molecule has 0 aliphatic heterocycles. The minimum Gasteiger partial charge on any atom is -0.452 e. The molecular formula is C15H18ClF3N2O2. The van der Waals surface area contributed by atoms with Gasteiger partial charge in [0.1, 0.15) is 5.84 Å². The number of amidine groups is 1. The van der Waals surface area contributed by atoms with Crippen LogP contribution in [0.25, 0.3) is 0 Å². The summed E-state index contributed by atoms with van der Waals surface area (Å²) in [5.74, 6) is -0.222. The molecule has 0 aliphatic rings. The van der Waals surface area contributed by atoms with Crippen molar-refractivity contribution in [3.05, 3.63) is 28.8 Å². The molecular weight excluding hydrogens is 333 g/mol. The summed E-state index contributed by atoms with van der Waals surface area (Å²) >= 11 is 5.59. The van der Waals surface area contributed by atoms with Gasteiger partial charge in [0.2, 0.25) is 0 Å². The van der Waals surface area contributed by atoms with E-state index in [2.05, 4.69) is 4.99 Å². The Balaban J connectivity index is 3.37. The van der Waals surface area contributed by atoms with Crippen LogP contribution in [0.2, 0.25) is 5.02 Å². The van der Waals surface area contributed by atoms with Gasteiger partial charge in [-0.1, -0.05) is 11.6 Å². The van der Waals surface area contributed by atoms with Crippen LogP contribution in [-0.2, 0) is 15.7 Å². The fourth-order valence-corrected chi connectivity index (χ4v) is 2.33. The van der Waals surface area contributed by atoms with Gasteiger partial charge in [-0.05, 0) is 32.0 Å². The number of ether oxygens (including phenoxy) is 1. The molecule has 128 valence electrons. The van der Waals surface area contributed by atoms with Crippen molar-refractivity contribution in [2.75, 3.05) is 14.1 Å². The molecule has 23 heavy (non-hydrogen) atoms. The lowest BCUT2D eigenvalue weighted by Crippen LogP contribution is -2.44. The van der Waals surface area contributed by atoms with E-state index in [0.717, 1.165) is 12.1 Å². The third kappa shape index (κ3) is 5.13. The highest BCUT2D eigenvalue weighted by Crippen LogP contribution is 2.37. The summed E-state index contributed by atoms with van der Waals surface area (Å²) in [6.45, 7) is 4.46. The van der Waals surface area contributed by atoms with Crippen molar-refractivity contribution < 1.29 is 22.7 Å². The Morgan fingerprint density at radius 3 is 2.26 bits per heavy atom. The van der Waals surface area contributed by atoms with Crippen molar-refractivity contribution in [1.82, 2.24) is 4.90 Å². The molecule has 1 rings (SSSR count). The SMILES string of the molecule is CC(=O)OC(C)(C)C(=Nc1ccc(Cl)c(C(F)(F)F)c1)N(C)C. The maximum atomic E-state index is 12.9. The highest BCUT2D eigenvalue weighted by molar-refractivity contribution is 6.31. The fourth-order valence-electron chi connectivity index (χ4n) is 2.10. The molecule has 0 heterocycles. The number of hydrogen-bond donors (Lipinski definition) is 0. The summed E-state index contributed by atoms with van der Waals surface area (Å²) in [5.41, 5.74) is -2.01. The molecule has 0 saturated heterocycles. The van der Waals surface area contributed by atoms with Gasteiger partial charge in [0.05, 0.1) is 16.3 Å². The average molecular weight is 351 g/mol. The summed E-state index contributed by atoms with van der Waals surface area (Å²) in [4.78, 5) is 17.0. The number of rotatable bonds is 3. The van der Waals surface area contributed by atoms with Crippen molar-refractivity contribution in [2.45, 2.75) is 32.5 Å². The number of carbonyl (C=O) groups is 1. The van der Waals surface area contributed by atoms with Gasteiger partial charge in [-0.3, -0.25) is 4.79 Å². The predicted octanol–water partition coefficient (Wildman–Crippen LogP) is 4.29. The molecule has 0 N–H and O–H groups in total. The molecule has 0 amide bonds. The van der Waals surface area contributed by atoms with Crippen LogP contribution in [-0.4, -0.2) is 36.4 Å². The van der Waals surface area contributed by atoms with Crippen molar-refractivity contribution in [1.29, 1.82) is 0 Å². The Bertz CT molecular complexity index is 626. The third-order valence-corrected chi connectivity index (χ3v) is 3.18. The second-order valence-corrected chi connectivity index (χ2v) is 6.00. The molecule has 8 heteroatoms. The first-order chi connectivity index (χ1) is 10.3. The van der Waals surface area contributed by atoms with Crippen LogP contribution in [0, 0.1) is 0 Å². The van der Waals surface area contributed by atoms with Gasteiger partial charge < -0.3 is 9.64 Å². The normalized spacial score (nSPS) is 13.0. The number of nitrogens with zero attached hydrogens (tertiary/aromatic N) is 2. The zero-order chi connectivity index (χ0) is 18.0. The maximum absolute atomic E-state index is 12.9. The number of esters is 1. The number of halogens is 4. The van der Waals surface area contributed by atoms with Crippen molar-refractivity contribution in [3.63, 3.8) is 0 Å². The van der Waals surface area contributed by atoms with Gasteiger partial charge in [0.15, 0.2) is 5.60 Å². The average Bonchev–Trinajstić information content (AvgIpc) is 2.33. The molecule has 0 saturated carbocycles. The van der Waals surface area contributed by atoms with Gasteiger partial charge in [-0.25, -0.2) is 4.99 Å². The summed E-state index contributed by atoms with van der Waals surface area (Å²) in [7, 11) is 3.31. The number of alkyl halides is 3. The molecule has 0 bridgehead atoms. The smallest absolute Gasteiger partial charge is 0.417 e. The first-order valence-corrected chi connectivity index (χ1v) is 7.05. The number of hydrogen-bond acceptors (Lipinski definition) is 3. The van der Waals surface area contributed by atoms with Crippen molar-refractivity contribution >= 4 is 29.1 Å². The molecule has 0 aliphatic carbocycles. The minimum atomic E-state index is -4.58. The molecule has 0 fully saturated rings. The zero-order valence-corrected chi connectivity index (χ0v) is 14.2. The molecule has 4 nitrogen and oxygen atoms in total. The minimum absolute atomic E-state index is 0.0608. The van der Waals surface area contributed by atoms with Gasteiger partial charge in [0.25, 0.3) is 0 Å². The van der Waals surface area contributed by atoms with Gasteiger partial charge >= 0.3 is 12.1 Å². The first kappa shape index (κ1) is 19.3. The van der Waals surface area contributed by atoms with Crippen LogP contribution in [0.15, 0.2) is 23.2 Å². The summed E-state index contributed by atoms with van der Waals surface area (Å²) in [6.07, 6.45) is -4.58. The van der Waals surface area contributed by atoms with Gasteiger partial charge in [0, 0.05) is 21.0 Å². The topological polar surface area (TPSA) is 41.9 Å². The lowest BCUT2D eigenvalue weighted by Gasteiger charge is -2.30. The zero-order valence-electron chi connectivity index (χ0n) is 13.5. The standard InChI is InChI=1S/C15H18ClF3N2O2/c1-9(22)23-14(2,3)13(21(4)5)20-10-6-7-12(16)11(8-10)15(17,18)19/h6-8H,1-5H3. The van der Waals surface area contributed by atoms with E-state index in [0.29, 0.717) is 5.84 Å². The van der Waals surface area contributed by atoms with Crippen LogP contribution in [0.3, 0.4) is 0 Å². The van der Waals surface area contributed by atoms with E-state index in [1.807, 2.05) is 0 Å². The van der Waals surface area contributed by atoms with Crippen molar-refractivity contribution in [3.8, 4) is 0 Å². The fraction of sp³-hybridized carbons (Fsp3) is 0.467. The molecule has 1 aromatic carbocycles. The summed E-state index contributed by atoms with van der Waals surface area (Å²) < 4.78 is 43.9. The van der Waals surface area contributed by atoms with Crippen LogP contribution in [0.1, 0.15) is 26.3 Å². The van der Waals surface area contributed by atoms with Crippen LogP contribution < -0.4 is 0 Å². The quantitative estimate of drug-likeness (QED) is 0.464. The summed E-state index contributed by atoms with van der Waals surface area (Å²) in [6, 6.07) is 3.36. The predicted molar refractivity (Wildman–Crippen MR) is 83.1 cm³/mol. The van der Waals surface area contributed by atoms with Gasteiger partial charge in [-0.15, -0.1) is 0 Å². The molecule has 0 unspecified atom stereocenters. The number of aliphatic imine (C=N–C) groups is 1. The van der Waals surface area contributed by atoms with E-state index in [1.54, 1.807) is 32.8 Å². The molecule has 1 aromatic rings. The van der Waals surface area contributed by atoms with E-state index >= 15 is 0 Å². The number of benzene rings is 1. The molecule has 0 spiro atoms. The van der Waals surface area contributed by atoms with E-state index in [-0.39, 0.29) is 5.69 Å². The maximum Gasteiger partial charge on any atom is 0.417 e. The van der Waals surface area contributed by atoms with E-state index in [1.165, 1.54) is 13.0 Å². The Kier molecular flexibility index (Phi) is 5.69. The lowest BCUT2D eigenvalue weighted by atomic mass is 10.1. The van der Waals surface area contributed by atoms with Crippen molar-refractivity contribution in [2.24, 2.45) is 4.99 Å². The largest absolute Gasteiger partial charge is 0.452 e. The Morgan fingerprint density at radius 1 is 1.26 bits per heavy atom. The Labute approximate surface area is 137 Å². The van der Waals surface area contributed by atoms with Crippen LogP contribution in [0.4, 0.5) is 18.9 Å². The number of likely N-dealkylation sites (N-methyl/N-ethyl adjacent to an activating group) is 1. The lowest BCUT2D eigenvalue weighted by molar-refractivity contribution is -0.148.